The van der Waals surface area contributed by atoms with E-state index in [1.807, 2.05) is 0 Å². The van der Waals surface area contributed by atoms with E-state index in [1.165, 1.54) is 22.3 Å². The van der Waals surface area contributed by atoms with Gasteiger partial charge in [-0.3, -0.25) is 0 Å². The van der Waals surface area contributed by atoms with E-state index >= 15 is 0 Å². The van der Waals surface area contributed by atoms with Gasteiger partial charge in [-0.15, -0.1) is 0 Å². The third-order valence-corrected chi connectivity index (χ3v) is 4.35. The van der Waals surface area contributed by atoms with Crippen molar-refractivity contribution in [1.29, 1.82) is 0 Å². The van der Waals surface area contributed by atoms with E-state index in [9.17, 15) is 0 Å². The van der Waals surface area contributed by atoms with Gasteiger partial charge >= 0.3 is 83.8 Å². The van der Waals surface area contributed by atoms with Crippen LogP contribution in [0.1, 0.15) is 11.1 Å². The summed E-state index contributed by atoms with van der Waals surface area (Å²) in [6.07, 6.45) is 3.47. The molecule has 0 amide bonds. The van der Waals surface area contributed by atoms with Gasteiger partial charge < -0.3 is 0 Å². The molecule has 0 N–H and O–H groups in total. The van der Waals surface area contributed by atoms with E-state index in [1.54, 1.807) is 0 Å². The zero-order valence-electron chi connectivity index (χ0n) is 7.25. The van der Waals surface area contributed by atoms with Gasteiger partial charge in [0, 0.05) is 0 Å². The second-order valence-corrected chi connectivity index (χ2v) is 5.42. The second kappa shape index (κ2) is 2.81. The molecule has 61 valence electrons. The van der Waals surface area contributed by atoms with E-state index in [0.717, 1.165) is 6.42 Å². The average Bonchev–Trinajstić information content (AvgIpc) is 2.56. The second-order valence-electron chi connectivity index (χ2n) is 3.42. The molecule has 3 rings (SSSR count). The van der Waals surface area contributed by atoms with E-state index in [0.29, 0.717) is 0 Å². The zero-order valence-corrected chi connectivity index (χ0v) is 9.35. The van der Waals surface area contributed by atoms with Gasteiger partial charge in [0.05, 0.1) is 0 Å². The van der Waals surface area contributed by atoms with Crippen molar-refractivity contribution in [3.63, 3.8) is 0 Å². The van der Waals surface area contributed by atoms with Gasteiger partial charge in [-0.25, -0.2) is 0 Å². The van der Waals surface area contributed by atoms with Gasteiger partial charge in [-0.1, -0.05) is 0 Å². The Bertz CT molecular complexity index is 450. The number of fused-ring (bicyclic) bond motifs is 2. The van der Waals surface area contributed by atoms with Crippen molar-refractivity contribution in [1.82, 2.24) is 0 Å². The molecule has 0 atom stereocenters. The van der Waals surface area contributed by atoms with Crippen LogP contribution < -0.4 is 0 Å². The summed E-state index contributed by atoms with van der Waals surface area (Å²) in [5, 5.41) is 0. The van der Waals surface area contributed by atoms with Crippen LogP contribution in [0.3, 0.4) is 0 Å². The Morgan fingerprint density at radius 3 is 3.08 bits per heavy atom. The molecule has 0 bridgehead atoms. The van der Waals surface area contributed by atoms with Crippen molar-refractivity contribution in [2.45, 2.75) is 6.42 Å². The molecule has 0 aromatic heterocycles. The third kappa shape index (κ3) is 1.09. The first-order chi connectivity index (χ1) is 6.45. The number of allylic oxidation sites excluding steroid dienone is 3. The molecule has 0 spiro atoms. The Morgan fingerprint density at radius 2 is 2.08 bits per heavy atom. The summed E-state index contributed by atoms with van der Waals surface area (Å²) in [5.41, 5.74) is 6.03. The minimum absolute atomic E-state index is 0.0689. The van der Waals surface area contributed by atoms with Crippen LogP contribution in [-0.4, -0.2) is 19.8 Å². The first-order valence-corrected chi connectivity index (χ1v) is 6.95. The molecule has 0 saturated heterocycles. The average molecular weight is 226 g/mol. The Morgan fingerprint density at radius 1 is 1.15 bits per heavy atom. The molecule has 0 nitrogen and oxygen atoms in total. The predicted molar refractivity (Wildman–Crippen MR) is 58.0 cm³/mol. The van der Waals surface area contributed by atoms with Gasteiger partial charge in [0.25, 0.3) is 0 Å². The molecule has 1 radical (unpaired) electrons. The Balaban J connectivity index is 2.24. The maximum absolute atomic E-state index is 2.46. The van der Waals surface area contributed by atoms with E-state index in [2.05, 4.69) is 40.1 Å². The van der Waals surface area contributed by atoms with Crippen molar-refractivity contribution in [3.05, 3.63) is 52.0 Å². The zero-order chi connectivity index (χ0) is 8.67. The molecule has 2 aliphatic rings. The third-order valence-electron chi connectivity index (χ3n) is 2.64. The molecule has 0 saturated carbocycles. The molecule has 0 unspecified atom stereocenters. The summed E-state index contributed by atoms with van der Waals surface area (Å²) < 4.78 is 0. The Kier molecular flexibility index (Phi) is 1.62. The topological polar surface area (TPSA) is 0 Å². The summed E-state index contributed by atoms with van der Waals surface area (Å²) in [5.74, 6) is 0. The summed E-state index contributed by atoms with van der Waals surface area (Å²) in [7, 11) is 0. The maximum atomic E-state index is 2.46. The fraction of sp³-hybridized carbons (Fsp3) is 0.0833. The van der Waals surface area contributed by atoms with Crippen LogP contribution in [0.25, 0.3) is 5.57 Å². The fourth-order valence-corrected chi connectivity index (χ4v) is 3.90. The van der Waals surface area contributed by atoms with E-state index in [4.69, 9.17) is 0 Å². The van der Waals surface area contributed by atoms with Crippen LogP contribution in [0.5, 0.6) is 0 Å². The molecule has 1 heteroatoms. The summed E-state index contributed by atoms with van der Waals surface area (Å²) in [6.45, 7) is 0. The molecule has 1 aromatic carbocycles. The molecule has 0 fully saturated rings. The quantitative estimate of drug-likeness (QED) is 0.593. The molecular formula is C12H9Ge. The van der Waals surface area contributed by atoms with Crippen LogP contribution in [0.15, 0.2) is 40.8 Å². The van der Waals surface area contributed by atoms with Crippen molar-refractivity contribution in [2.75, 3.05) is 0 Å². The number of benzene rings is 1. The number of rotatable bonds is 0. The van der Waals surface area contributed by atoms with Gasteiger partial charge in [0.2, 0.25) is 0 Å². The number of hydrogen-bond acceptors (Lipinski definition) is 0. The van der Waals surface area contributed by atoms with Crippen molar-refractivity contribution < 1.29 is 0 Å². The summed E-state index contributed by atoms with van der Waals surface area (Å²) in [4.78, 5) is 4.83. The van der Waals surface area contributed by atoms with Crippen LogP contribution in [0.4, 0.5) is 0 Å². The first kappa shape index (κ1) is 7.51. The Labute approximate surface area is 84.0 Å². The van der Waals surface area contributed by atoms with E-state index < -0.39 is 0 Å². The predicted octanol–water partition coefficient (Wildman–Crippen LogP) is 2.03. The molecule has 13 heavy (non-hydrogen) atoms. The summed E-state index contributed by atoms with van der Waals surface area (Å²) in [6, 6.07) is 8.77. The molecule has 1 aliphatic carbocycles. The van der Waals surface area contributed by atoms with Crippen LogP contribution >= 0.6 is 0 Å². The Hall–Kier alpha value is -0.887. The van der Waals surface area contributed by atoms with Crippen LogP contribution in [-0.2, 0) is 6.42 Å². The first-order valence-electron chi connectivity index (χ1n) is 4.52. The van der Waals surface area contributed by atoms with Crippen LogP contribution in [0.2, 0.25) is 0 Å². The molecular weight excluding hydrogens is 217 g/mol. The molecule has 1 heterocycles. The van der Waals surface area contributed by atoms with Gasteiger partial charge in [0.1, 0.15) is 0 Å². The summed E-state index contributed by atoms with van der Waals surface area (Å²) >= 11 is 0.0689. The normalized spacial score (nSPS) is 17.5. The van der Waals surface area contributed by atoms with Crippen LogP contribution in [0, 0.1) is 0 Å². The molecule has 1 aliphatic heterocycles. The van der Waals surface area contributed by atoms with E-state index in [-0.39, 0.29) is 15.0 Å². The monoisotopic (exact) mass is 227 g/mol. The standard InChI is InChI=1S/C12H9Ge/c1-2-4-11-9(3-1)7-10-5-6-13-8-12(10)11/h1-6,8H,7H2. The molecule has 1 aromatic rings. The fourth-order valence-electron chi connectivity index (χ4n) is 2.01. The van der Waals surface area contributed by atoms with Gasteiger partial charge in [0.15, 0.2) is 0 Å². The SMILES string of the molecule is [CH]1=CC2=C([CH]=[Ge]1)c1ccccc1C2. The minimum atomic E-state index is 0.0689. The number of hydrogen-bond donors (Lipinski definition) is 0. The van der Waals surface area contributed by atoms with Crippen molar-refractivity contribution in [2.24, 2.45) is 0 Å². The van der Waals surface area contributed by atoms with Crippen molar-refractivity contribution in [3.8, 4) is 0 Å². The van der Waals surface area contributed by atoms with Crippen molar-refractivity contribution >= 4 is 25.4 Å². The van der Waals surface area contributed by atoms with Gasteiger partial charge in [-0.05, 0) is 0 Å². The van der Waals surface area contributed by atoms with Gasteiger partial charge in [-0.2, -0.15) is 0 Å².